The van der Waals surface area contributed by atoms with Crippen molar-refractivity contribution in [3.63, 3.8) is 0 Å². The molecule has 238 valence electrons. The Kier molecular flexibility index (Phi) is 7.12. The summed E-state index contributed by atoms with van der Waals surface area (Å²) >= 11 is 0. The van der Waals surface area contributed by atoms with Crippen LogP contribution in [0, 0.1) is 52.9 Å². The number of nitriles is 1. The molecule has 0 saturated heterocycles. The highest BCUT2D eigenvalue weighted by Gasteiger charge is 2.19. The van der Waals surface area contributed by atoms with Gasteiger partial charge in [-0.25, -0.2) is 4.98 Å². The van der Waals surface area contributed by atoms with Crippen LogP contribution in [0.2, 0.25) is 0 Å². The van der Waals surface area contributed by atoms with Crippen LogP contribution in [0.3, 0.4) is 0 Å². The van der Waals surface area contributed by atoms with Crippen molar-refractivity contribution in [1.82, 2.24) is 19.9 Å². The van der Waals surface area contributed by atoms with Crippen LogP contribution in [0.5, 0.6) is 0 Å². The highest BCUT2D eigenvalue weighted by molar-refractivity contribution is 6.01. The Morgan fingerprint density at radius 3 is 1.33 bits per heavy atom. The third-order valence-electron chi connectivity index (χ3n) is 9.73. The van der Waals surface area contributed by atoms with Gasteiger partial charge in [-0.15, -0.1) is 0 Å². The van der Waals surface area contributed by atoms with Gasteiger partial charge in [0.1, 0.15) is 0 Å². The molecule has 5 heterocycles. The van der Waals surface area contributed by atoms with E-state index in [0.717, 1.165) is 66.7 Å². The summed E-state index contributed by atoms with van der Waals surface area (Å²) in [7, 11) is 0. The van der Waals surface area contributed by atoms with E-state index in [1.807, 2.05) is 24.3 Å². The Bertz CT molecular complexity index is 2620. The highest BCUT2D eigenvalue weighted by Crippen LogP contribution is 2.39. The molecule has 0 atom stereocenters. The smallest absolute Gasteiger partial charge is 0.0991 e. The van der Waals surface area contributed by atoms with Crippen molar-refractivity contribution in [2.24, 2.45) is 0 Å². The molecule has 0 amide bonds. The summed E-state index contributed by atoms with van der Waals surface area (Å²) in [6, 6.07) is 32.1. The summed E-state index contributed by atoms with van der Waals surface area (Å²) in [5.41, 5.74) is 22.3. The summed E-state index contributed by atoms with van der Waals surface area (Å²) in [6.07, 6.45) is 4.25. The summed E-state index contributed by atoms with van der Waals surface area (Å²) in [5.74, 6) is 0. The Labute approximate surface area is 286 Å². The van der Waals surface area contributed by atoms with E-state index < -0.39 is 0 Å². The molecule has 0 saturated carbocycles. The second-order valence-electron chi connectivity index (χ2n) is 13.4. The highest BCUT2D eigenvalue weighted by atomic mass is 14.8. The van der Waals surface area contributed by atoms with E-state index in [9.17, 15) is 5.26 Å². The molecule has 49 heavy (non-hydrogen) atoms. The monoisotopic (exact) mass is 635 g/mol. The normalized spacial score (nSPS) is 11.8. The van der Waals surface area contributed by atoms with E-state index in [-0.39, 0.29) is 0 Å². The standard InChI is InChI=1S/C44H37N5/c1-24-19-26(3)40(27(4)20-24)43-36-13-11-32(46-36)33-12-14-37(47-33)44(41-28(5)21-25(2)22-29(41)6)39-18-16-35(49-39)42(34-15-17-38(43)48-34)31-9-7-30(23-45)8-10-31/h7-22,46-48H,1-6H3. The topological polar surface area (TPSA) is 84.0 Å². The maximum Gasteiger partial charge on any atom is 0.0991 e. The quantitative estimate of drug-likeness (QED) is 0.180. The van der Waals surface area contributed by atoms with Gasteiger partial charge in [0, 0.05) is 38.8 Å². The average Bonchev–Trinajstić information content (AvgIpc) is 3.89. The van der Waals surface area contributed by atoms with Gasteiger partial charge in [-0.1, -0.05) is 47.5 Å². The van der Waals surface area contributed by atoms with Gasteiger partial charge in [0.2, 0.25) is 0 Å². The van der Waals surface area contributed by atoms with Crippen LogP contribution in [0.4, 0.5) is 0 Å². The predicted molar refractivity (Wildman–Crippen MR) is 205 cm³/mol. The van der Waals surface area contributed by atoms with Gasteiger partial charge in [-0.05, 0) is 141 Å². The van der Waals surface area contributed by atoms with E-state index in [1.54, 1.807) is 0 Å². The summed E-state index contributed by atoms with van der Waals surface area (Å²) < 4.78 is 0. The molecule has 5 nitrogen and oxygen atoms in total. The van der Waals surface area contributed by atoms with Crippen molar-refractivity contribution in [3.8, 4) is 39.4 Å². The molecule has 0 fully saturated rings. The van der Waals surface area contributed by atoms with Crippen LogP contribution in [0.1, 0.15) is 50.3 Å². The SMILES string of the molecule is Cc1cc(C)c(-c2c3nc(c(-c4ccc(C#N)cc4)c4ccc([nH]4)c(-c4c(C)cc(C)cc4C)c4ccc([nH]4)c4ccc2[nH]4)C=C3)c(C)c1. The van der Waals surface area contributed by atoms with Gasteiger partial charge in [0.05, 0.1) is 34.1 Å². The summed E-state index contributed by atoms with van der Waals surface area (Å²) in [4.78, 5) is 16.8. The van der Waals surface area contributed by atoms with Crippen LogP contribution in [-0.4, -0.2) is 19.9 Å². The number of aryl methyl sites for hydroxylation is 6. The molecule has 5 heteroatoms. The number of hydrogen-bond donors (Lipinski definition) is 3. The van der Waals surface area contributed by atoms with Crippen LogP contribution in [0.15, 0.2) is 84.9 Å². The van der Waals surface area contributed by atoms with E-state index in [0.29, 0.717) is 5.56 Å². The minimum absolute atomic E-state index is 0.622. The molecule has 8 rings (SSSR count). The van der Waals surface area contributed by atoms with Crippen LogP contribution in [-0.2, 0) is 0 Å². The lowest BCUT2D eigenvalue weighted by molar-refractivity contribution is 1.28. The fraction of sp³-hybridized carbons (Fsp3) is 0.136. The summed E-state index contributed by atoms with van der Waals surface area (Å²) in [5, 5.41) is 9.57. The molecule has 0 unspecified atom stereocenters. The van der Waals surface area contributed by atoms with Crippen LogP contribution < -0.4 is 0 Å². The zero-order chi connectivity index (χ0) is 34.0. The molecule has 0 radical (unpaired) electrons. The van der Waals surface area contributed by atoms with E-state index in [4.69, 9.17) is 4.98 Å². The number of hydrogen-bond acceptors (Lipinski definition) is 2. The molecule has 0 aliphatic carbocycles. The first-order chi connectivity index (χ1) is 23.7. The van der Waals surface area contributed by atoms with Crippen molar-refractivity contribution in [2.75, 3.05) is 0 Å². The fourth-order valence-electron chi connectivity index (χ4n) is 7.84. The third-order valence-corrected chi connectivity index (χ3v) is 9.73. The van der Waals surface area contributed by atoms with Gasteiger partial charge >= 0.3 is 0 Å². The predicted octanol–water partition coefficient (Wildman–Crippen LogP) is 11.4. The van der Waals surface area contributed by atoms with Crippen molar-refractivity contribution < 1.29 is 0 Å². The molecule has 1 aliphatic rings. The molecule has 7 aromatic rings. The van der Waals surface area contributed by atoms with Crippen molar-refractivity contribution in [2.45, 2.75) is 41.5 Å². The van der Waals surface area contributed by atoms with E-state index in [1.165, 1.54) is 44.5 Å². The van der Waals surface area contributed by atoms with Gasteiger partial charge in [0.15, 0.2) is 0 Å². The largest absolute Gasteiger partial charge is 0.354 e. The Morgan fingerprint density at radius 1 is 0.449 bits per heavy atom. The number of aromatic nitrogens is 4. The molecular formula is C44H37N5. The number of H-pyrrole nitrogens is 3. The number of benzene rings is 3. The molecular weight excluding hydrogens is 599 g/mol. The third kappa shape index (κ3) is 5.14. The first kappa shape index (κ1) is 30.2. The molecule has 1 aliphatic heterocycles. The van der Waals surface area contributed by atoms with Crippen molar-refractivity contribution in [1.29, 1.82) is 5.26 Å². The zero-order valence-electron chi connectivity index (χ0n) is 28.6. The molecule has 3 N–H and O–H groups in total. The number of aromatic amines is 3. The van der Waals surface area contributed by atoms with Crippen molar-refractivity contribution >= 4 is 45.3 Å². The lowest BCUT2D eigenvalue weighted by Crippen LogP contribution is -1.94. The number of fused-ring (bicyclic) bond motifs is 9. The lowest BCUT2D eigenvalue weighted by Gasteiger charge is -2.13. The first-order valence-corrected chi connectivity index (χ1v) is 16.7. The maximum absolute atomic E-state index is 9.57. The molecule has 3 aromatic carbocycles. The number of nitrogens with one attached hydrogen (secondary N) is 3. The van der Waals surface area contributed by atoms with Gasteiger partial charge in [0.25, 0.3) is 0 Å². The first-order valence-electron chi connectivity index (χ1n) is 16.7. The molecule has 4 aromatic heterocycles. The lowest BCUT2D eigenvalue weighted by atomic mass is 9.92. The Morgan fingerprint density at radius 2 is 0.837 bits per heavy atom. The van der Waals surface area contributed by atoms with E-state index in [2.05, 4.69) is 135 Å². The zero-order valence-corrected chi connectivity index (χ0v) is 28.6. The molecule has 0 spiro atoms. The Balaban J connectivity index is 1.58. The minimum Gasteiger partial charge on any atom is -0.354 e. The van der Waals surface area contributed by atoms with Gasteiger partial charge in [-0.2, -0.15) is 5.26 Å². The number of nitrogens with zero attached hydrogens (tertiary/aromatic N) is 2. The molecule has 8 bridgehead atoms. The number of rotatable bonds is 3. The minimum atomic E-state index is 0.622. The van der Waals surface area contributed by atoms with Crippen LogP contribution in [0.25, 0.3) is 78.6 Å². The second-order valence-corrected chi connectivity index (χ2v) is 13.4. The Hall–Kier alpha value is -6.12. The second kappa shape index (κ2) is 11.5. The van der Waals surface area contributed by atoms with Gasteiger partial charge in [-0.3, -0.25) is 0 Å². The average molecular weight is 636 g/mol. The van der Waals surface area contributed by atoms with Gasteiger partial charge < -0.3 is 15.0 Å². The maximum atomic E-state index is 9.57. The fourth-order valence-corrected chi connectivity index (χ4v) is 7.84. The van der Waals surface area contributed by atoms with Crippen LogP contribution >= 0.6 is 0 Å². The van der Waals surface area contributed by atoms with Crippen molar-refractivity contribution in [3.05, 3.63) is 135 Å². The van der Waals surface area contributed by atoms with E-state index >= 15 is 0 Å². The summed E-state index contributed by atoms with van der Waals surface area (Å²) in [6.45, 7) is 13.1.